The van der Waals surface area contributed by atoms with Crippen molar-refractivity contribution in [2.75, 3.05) is 41.9 Å². The van der Waals surface area contributed by atoms with Gasteiger partial charge in [-0.1, -0.05) is 48.0 Å². The van der Waals surface area contributed by atoms with Crippen LogP contribution in [0.25, 0.3) is 0 Å². The summed E-state index contributed by atoms with van der Waals surface area (Å²) in [5, 5.41) is 7.52. The van der Waals surface area contributed by atoms with Crippen LogP contribution in [-0.2, 0) is 4.74 Å². The largest absolute Gasteiger partial charge is 0.378 e. The zero-order valence-corrected chi connectivity index (χ0v) is 16.2. The van der Waals surface area contributed by atoms with Crippen LogP contribution in [0.2, 0.25) is 0 Å². The molecule has 29 heavy (non-hydrogen) atoms. The summed E-state index contributed by atoms with van der Waals surface area (Å²) in [5.41, 5.74) is 6.01. The molecule has 2 heterocycles. The van der Waals surface area contributed by atoms with Crippen LogP contribution in [-0.4, -0.2) is 47.5 Å². The van der Waals surface area contributed by atoms with E-state index in [-0.39, 0.29) is 0 Å². The number of anilines is 4. The van der Waals surface area contributed by atoms with E-state index >= 15 is 0 Å². The highest BCUT2D eigenvalue weighted by Gasteiger charge is 2.16. The summed E-state index contributed by atoms with van der Waals surface area (Å²) in [7, 11) is 0. The van der Waals surface area contributed by atoms with Crippen molar-refractivity contribution in [3.05, 3.63) is 65.7 Å². The molecule has 2 aromatic carbocycles. The number of ether oxygens (including phenoxy) is 1. The van der Waals surface area contributed by atoms with E-state index in [1.165, 1.54) is 5.56 Å². The van der Waals surface area contributed by atoms with Crippen LogP contribution in [0.5, 0.6) is 0 Å². The van der Waals surface area contributed by atoms with Crippen LogP contribution in [0.3, 0.4) is 0 Å². The Hall–Kier alpha value is -3.52. The van der Waals surface area contributed by atoms with Gasteiger partial charge in [-0.2, -0.15) is 20.1 Å². The average molecular weight is 389 g/mol. The summed E-state index contributed by atoms with van der Waals surface area (Å²) in [5.74, 6) is 1.43. The van der Waals surface area contributed by atoms with Crippen LogP contribution < -0.4 is 15.6 Å². The van der Waals surface area contributed by atoms with Gasteiger partial charge in [-0.05, 0) is 24.6 Å². The Morgan fingerprint density at radius 2 is 1.76 bits per heavy atom. The minimum atomic E-state index is 0.379. The third kappa shape index (κ3) is 5.26. The van der Waals surface area contributed by atoms with Crippen molar-refractivity contribution in [2.24, 2.45) is 5.10 Å². The van der Waals surface area contributed by atoms with Crippen molar-refractivity contribution >= 4 is 29.7 Å². The predicted molar refractivity (Wildman–Crippen MR) is 115 cm³/mol. The minimum absolute atomic E-state index is 0.379. The number of morpholine rings is 1. The number of hydrogen-bond donors (Lipinski definition) is 2. The number of rotatable bonds is 6. The molecule has 0 aliphatic carbocycles. The van der Waals surface area contributed by atoms with Crippen LogP contribution >= 0.6 is 0 Å². The van der Waals surface area contributed by atoms with Gasteiger partial charge in [0.15, 0.2) is 0 Å². The van der Waals surface area contributed by atoms with Gasteiger partial charge in [0.25, 0.3) is 0 Å². The Morgan fingerprint density at radius 3 is 2.55 bits per heavy atom. The molecule has 2 N–H and O–H groups in total. The number of aromatic nitrogens is 3. The van der Waals surface area contributed by atoms with Crippen LogP contribution in [0.1, 0.15) is 11.1 Å². The van der Waals surface area contributed by atoms with Crippen LogP contribution in [0.15, 0.2) is 59.7 Å². The first-order chi connectivity index (χ1) is 14.3. The molecule has 0 bridgehead atoms. The Bertz CT molecular complexity index is 972. The first-order valence-electron chi connectivity index (χ1n) is 9.53. The molecule has 1 aromatic heterocycles. The van der Waals surface area contributed by atoms with E-state index in [1.807, 2.05) is 55.5 Å². The molecule has 8 heteroatoms. The second-order valence-corrected chi connectivity index (χ2v) is 6.66. The first kappa shape index (κ1) is 18.8. The number of hydrogen-bond acceptors (Lipinski definition) is 8. The molecule has 148 valence electrons. The van der Waals surface area contributed by atoms with Gasteiger partial charge < -0.3 is 15.0 Å². The highest BCUT2D eigenvalue weighted by Crippen LogP contribution is 2.18. The number of nitrogens with one attached hydrogen (secondary N) is 2. The lowest BCUT2D eigenvalue weighted by Gasteiger charge is -2.27. The van der Waals surface area contributed by atoms with Gasteiger partial charge >= 0.3 is 0 Å². The van der Waals surface area contributed by atoms with E-state index in [2.05, 4.69) is 41.8 Å². The number of benzene rings is 2. The summed E-state index contributed by atoms with van der Waals surface area (Å²) < 4.78 is 5.43. The molecule has 0 amide bonds. The maximum atomic E-state index is 5.43. The van der Waals surface area contributed by atoms with Gasteiger partial charge in [0.2, 0.25) is 17.8 Å². The average Bonchev–Trinajstić information content (AvgIpc) is 2.75. The Kier molecular flexibility index (Phi) is 5.92. The van der Waals surface area contributed by atoms with E-state index in [0.717, 1.165) is 24.3 Å². The summed E-state index contributed by atoms with van der Waals surface area (Å²) in [6, 6.07) is 17.9. The fourth-order valence-electron chi connectivity index (χ4n) is 2.94. The fourth-order valence-corrected chi connectivity index (χ4v) is 2.94. The topological polar surface area (TPSA) is 87.6 Å². The molecule has 0 atom stereocenters. The Labute approximate surface area is 169 Å². The monoisotopic (exact) mass is 389 g/mol. The second-order valence-electron chi connectivity index (χ2n) is 6.66. The molecule has 3 aromatic rings. The summed E-state index contributed by atoms with van der Waals surface area (Å²) in [6.07, 6.45) is 1.75. The zero-order chi connectivity index (χ0) is 19.9. The molecule has 1 aliphatic heterocycles. The molecule has 0 radical (unpaired) electrons. The number of aryl methyl sites for hydroxylation is 1. The molecular weight excluding hydrogens is 366 g/mol. The van der Waals surface area contributed by atoms with Gasteiger partial charge in [0.1, 0.15) is 0 Å². The van der Waals surface area contributed by atoms with Gasteiger partial charge in [0.05, 0.1) is 19.4 Å². The minimum Gasteiger partial charge on any atom is -0.378 e. The van der Waals surface area contributed by atoms with Gasteiger partial charge in [0, 0.05) is 18.8 Å². The Balaban J connectivity index is 1.56. The fraction of sp³-hybridized carbons (Fsp3) is 0.238. The van der Waals surface area contributed by atoms with E-state index in [4.69, 9.17) is 4.74 Å². The van der Waals surface area contributed by atoms with Gasteiger partial charge in [-0.3, -0.25) is 0 Å². The van der Waals surface area contributed by atoms with Crippen molar-refractivity contribution < 1.29 is 4.74 Å². The molecule has 1 saturated heterocycles. The molecule has 8 nitrogen and oxygen atoms in total. The molecule has 4 rings (SSSR count). The smallest absolute Gasteiger partial charge is 0.250 e. The molecule has 0 saturated carbocycles. The van der Waals surface area contributed by atoms with Crippen molar-refractivity contribution in [2.45, 2.75) is 6.92 Å². The zero-order valence-electron chi connectivity index (χ0n) is 16.2. The highest BCUT2D eigenvalue weighted by molar-refractivity contribution is 5.80. The van der Waals surface area contributed by atoms with Crippen LogP contribution in [0, 0.1) is 6.92 Å². The second kappa shape index (κ2) is 9.11. The summed E-state index contributed by atoms with van der Waals surface area (Å²) >= 11 is 0. The lowest BCUT2D eigenvalue weighted by atomic mass is 10.2. The van der Waals surface area contributed by atoms with Crippen molar-refractivity contribution in [1.82, 2.24) is 15.0 Å². The maximum absolute atomic E-state index is 5.43. The van der Waals surface area contributed by atoms with E-state index in [9.17, 15) is 0 Å². The summed E-state index contributed by atoms with van der Waals surface area (Å²) in [6.45, 7) is 4.83. The van der Waals surface area contributed by atoms with E-state index < -0.39 is 0 Å². The van der Waals surface area contributed by atoms with Crippen molar-refractivity contribution in [3.8, 4) is 0 Å². The molecule has 1 aliphatic rings. The van der Waals surface area contributed by atoms with E-state index in [1.54, 1.807) is 6.21 Å². The highest BCUT2D eigenvalue weighted by atomic mass is 16.5. The van der Waals surface area contributed by atoms with Crippen molar-refractivity contribution in [3.63, 3.8) is 0 Å². The van der Waals surface area contributed by atoms with Crippen LogP contribution in [0.4, 0.5) is 23.5 Å². The quantitative estimate of drug-likeness (QED) is 0.494. The predicted octanol–water partition coefficient (Wildman–Crippen LogP) is 3.21. The third-order valence-corrected chi connectivity index (χ3v) is 4.37. The SMILES string of the molecule is Cc1cccc(/C=N/Nc2nc(Nc3ccccc3)nc(N3CCOCC3)n2)c1. The molecule has 0 spiro atoms. The maximum Gasteiger partial charge on any atom is 0.250 e. The van der Waals surface area contributed by atoms with E-state index in [0.29, 0.717) is 31.1 Å². The van der Waals surface area contributed by atoms with Crippen molar-refractivity contribution in [1.29, 1.82) is 0 Å². The molecule has 0 unspecified atom stereocenters. The lowest BCUT2D eigenvalue weighted by molar-refractivity contribution is 0.122. The number of hydrazone groups is 1. The first-order valence-corrected chi connectivity index (χ1v) is 9.53. The number of nitrogens with zero attached hydrogens (tertiary/aromatic N) is 5. The lowest BCUT2D eigenvalue weighted by Crippen LogP contribution is -2.37. The van der Waals surface area contributed by atoms with Gasteiger partial charge in [-0.25, -0.2) is 5.43 Å². The molecule has 1 fully saturated rings. The number of para-hydroxylation sites is 1. The normalized spacial score (nSPS) is 14.2. The standard InChI is InChI=1S/C21H23N7O/c1-16-6-5-7-17(14-16)15-22-27-20-24-19(23-18-8-3-2-4-9-18)25-21(26-20)28-10-12-29-13-11-28/h2-9,14-15H,10-13H2,1H3,(H2,23,24,25,26,27)/b22-15+. The third-order valence-electron chi connectivity index (χ3n) is 4.37. The molecular formula is C21H23N7O. The summed E-state index contributed by atoms with van der Waals surface area (Å²) in [4.78, 5) is 15.6. The Morgan fingerprint density at radius 1 is 0.966 bits per heavy atom. The van der Waals surface area contributed by atoms with Gasteiger partial charge in [-0.15, -0.1) is 0 Å².